The maximum Gasteiger partial charge on any atom is 0.294 e. The molecule has 3 rings (SSSR count). The van der Waals surface area contributed by atoms with Crippen molar-refractivity contribution >= 4 is 42.8 Å². The Labute approximate surface area is 137 Å². The molecule has 0 radical (unpaired) electrons. The van der Waals surface area contributed by atoms with Gasteiger partial charge in [0.15, 0.2) is 5.82 Å². The highest BCUT2D eigenvalue weighted by atomic mass is 79.9. The topological polar surface area (TPSA) is 44.1 Å². The summed E-state index contributed by atoms with van der Waals surface area (Å²) in [6.07, 6.45) is 0. The lowest BCUT2D eigenvalue weighted by Crippen LogP contribution is -2.27. The Morgan fingerprint density at radius 2 is 1.86 bits per heavy atom. The molecule has 0 fully saturated rings. The van der Waals surface area contributed by atoms with Crippen LogP contribution in [0.5, 0.6) is 0 Å². The minimum Gasteiger partial charge on any atom is -0.412 e. The first-order valence-electron chi connectivity index (χ1n) is 6.13. The molecule has 1 aromatic heterocycles. The van der Waals surface area contributed by atoms with E-state index in [2.05, 4.69) is 36.8 Å². The number of aromatic nitrogens is 2. The van der Waals surface area contributed by atoms with Crippen molar-refractivity contribution in [2.24, 2.45) is 0 Å². The van der Waals surface area contributed by atoms with E-state index in [0.717, 1.165) is 14.5 Å². The third-order valence-electron chi connectivity index (χ3n) is 3.06. The zero-order valence-corrected chi connectivity index (χ0v) is 14.2. The van der Waals surface area contributed by atoms with Gasteiger partial charge >= 0.3 is 0 Å². The largest absolute Gasteiger partial charge is 0.412 e. The highest BCUT2D eigenvalue weighted by molar-refractivity contribution is 9.10. The Balaban J connectivity index is 2.38. The van der Waals surface area contributed by atoms with Crippen LogP contribution in [0, 0.1) is 0 Å². The highest BCUT2D eigenvalue weighted by Crippen LogP contribution is 2.23. The van der Waals surface area contributed by atoms with Crippen LogP contribution in [0.3, 0.4) is 0 Å². The monoisotopic (exact) mass is 408 g/mol. The maximum atomic E-state index is 12.6. The normalized spacial score (nSPS) is 10.8. The molecule has 0 aliphatic rings. The molecule has 0 saturated carbocycles. The van der Waals surface area contributed by atoms with Crippen LogP contribution in [0.25, 0.3) is 22.3 Å². The first kappa shape index (κ1) is 14.3. The third kappa shape index (κ3) is 2.61. The molecule has 0 spiro atoms. The van der Waals surface area contributed by atoms with Gasteiger partial charge in [-0.1, -0.05) is 44.0 Å². The summed E-state index contributed by atoms with van der Waals surface area (Å²) in [6, 6.07) is 13.0. The van der Waals surface area contributed by atoms with Gasteiger partial charge < -0.3 is 4.84 Å². The van der Waals surface area contributed by atoms with Crippen LogP contribution in [-0.2, 0) is 0 Å². The molecule has 2 aromatic carbocycles. The van der Waals surface area contributed by atoms with E-state index >= 15 is 0 Å². The average Bonchev–Trinajstić information content (AvgIpc) is 2.48. The molecule has 0 atom stereocenters. The Bertz CT molecular complexity index is 890. The standard InChI is InChI=1S/C15H10Br2N2O2/c1-21-19-14(9-3-2-4-10(16)7-9)18-13-6-5-11(17)8-12(13)15(19)20/h2-8H,1H3. The lowest BCUT2D eigenvalue weighted by Gasteiger charge is -2.12. The smallest absolute Gasteiger partial charge is 0.294 e. The van der Waals surface area contributed by atoms with Crippen molar-refractivity contribution in [2.75, 3.05) is 7.11 Å². The van der Waals surface area contributed by atoms with Crippen molar-refractivity contribution in [3.8, 4) is 11.4 Å². The fourth-order valence-electron chi connectivity index (χ4n) is 2.12. The van der Waals surface area contributed by atoms with Crippen LogP contribution >= 0.6 is 31.9 Å². The minimum absolute atomic E-state index is 0.237. The van der Waals surface area contributed by atoms with Gasteiger partial charge in [0, 0.05) is 14.5 Å². The Kier molecular flexibility index (Phi) is 3.82. The number of hydrogen-bond acceptors (Lipinski definition) is 3. The number of benzene rings is 2. The van der Waals surface area contributed by atoms with E-state index in [-0.39, 0.29) is 5.56 Å². The third-order valence-corrected chi connectivity index (χ3v) is 4.04. The van der Waals surface area contributed by atoms with Crippen LogP contribution in [0.2, 0.25) is 0 Å². The summed E-state index contributed by atoms with van der Waals surface area (Å²) in [4.78, 5) is 22.3. The summed E-state index contributed by atoms with van der Waals surface area (Å²) in [5.41, 5.74) is 1.19. The molecule has 106 valence electrons. The SMILES string of the molecule is COn1c(-c2cccc(Br)c2)nc2ccc(Br)cc2c1=O. The van der Waals surface area contributed by atoms with Gasteiger partial charge in [0.05, 0.1) is 10.9 Å². The minimum atomic E-state index is -0.237. The van der Waals surface area contributed by atoms with Crippen LogP contribution in [0.1, 0.15) is 0 Å². The van der Waals surface area contributed by atoms with Crippen molar-refractivity contribution in [3.05, 3.63) is 61.8 Å². The molecular formula is C15H10Br2N2O2. The molecular weight excluding hydrogens is 400 g/mol. The first-order chi connectivity index (χ1) is 10.1. The molecule has 0 aliphatic carbocycles. The van der Waals surface area contributed by atoms with E-state index < -0.39 is 0 Å². The van der Waals surface area contributed by atoms with Crippen molar-refractivity contribution < 1.29 is 4.84 Å². The molecule has 0 amide bonds. The lowest BCUT2D eigenvalue weighted by atomic mass is 10.2. The van der Waals surface area contributed by atoms with Crippen molar-refractivity contribution in [3.63, 3.8) is 0 Å². The van der Waals surface area contributed by atoms with Crippen LogP contribution in [-0.4, -0.2) is 16.8 Å². The van der Waals surface area contributed by atoms with Gasteiger partial charge in [0.2, 0.25) is 0 Å². The molecule has 0 N–H and O–H groups in total. The van der Waals surface area contributed by atoms with Crippen LogP contribution < -0.4 is 10.4 Å². The number of fused-ring (bicyclic) bond motifs is 1. The number of hydrogen-bond donors (Lipinski definition) is 0. The van der Waals surface area contributed by atoms with E-state index in [0.29, 0.717) is 16.7 Å². The van der Waals surface area contributed by atoms with Crippen molar-refractivity contribution in [2.45, 2.75) is 0 Å². The van der Waals surface area contributed by atoms with Gasteiger partial charge in [0.25, 0.3) is 5.56 Å². The van der Waals surface area contributed by atoms with Crippen molar-refractivity contribution in [1.29, 1.82) is 0 Å². The first-order valence-corrected chi connectivity index (χ1v) is 7.71. The molecule has 0 unspecified atom stereocenters. The predicted octanol–water partition coefficient (Wildman–Crippen LogP) is 3.65. The van der Waals surface area contributed by atoms with Crippen LogP contribution in [0.15, 0.2) is 56.2 Å². The zero-order valence-electron chi connectivity index (χ0n) is 11.0. The van der Waals surface area contributed by atoms with Crippen LogP contribution in [0.4, 0.5) is 0 Å². The fraction of sp³-hybridized carbons (Fsp3) is 0.0667. The second-order valence-corrected chi connectivity index (χ2v) is 6.22. The second kappa shape index (κ2) is 5.61. The average molecular weight is 410 g/mol. The molecule has 0 aliphatic heterocycles. The van der Waals surface area contributed by atoms with E-state index in [1.165, 1.54) is 11.8 Å². The Hall–Kier alpha value is -1.66. The number of rotatable bonds is 2. The number of nitrogens with zero attached hydrogens (tertiary/aromatic N) is 2. The summed E-state index contributed by atoms with van der Waals surface area (Å²) in [5.74, 6) is 0.471. The lowest BCUT2D eigenvalue weighted by molar-refractivity contribution is 0.160. The summed E-state index contributed by atoms with van der Waals surface area (Å²) in [6.45, 7) is 0. The molecule has 0 saturated heterocycles. The molecule has 3 aromatic rings. The molecule has 6 heteroatoms. The quantitative estimate of drug-likeness (QED) is 0.648. The molecule has 0 bridgehead atoms. The van der Waals surface area contributed by atoms with Gasteiger partial charge in [-0.05, 0) is 30.3 Å². The van der Waals surface area contributed by atoms with E-state index in [4.69, 9.17) is 4.84 Å². The van der Waals surface area contributed by atoms with E-state index in [1.807, 2.05) is 36.4 Å². The van der Waals surface area contributed by atoms with Gasteiger partial charge in [-0.2, -0.15) is 0 Å². The number of halogens is 2. The van der Waals surface area contributed by atoms with E-state index in [9.17, 15) is 4.79 Å². The van der Waals surface area contributed by atoms with Crippen molar-refractivity contribution in [1.82, 2.24) is 9.71 Å². The van der Waals surface area contributed by atoms with E-state index in [1.54, 1.807) is 6.07 Å². The Morgan fingerprint density at radius 3 is 2.57 bits per heavy atom. The van der Waals surface area contributed by atoms with Gasteiger partial charge in [-0.3, -0.25) is 4.79 Å². The van der Waals surface area contributed by atoms with Gasteiger partial charge in [-0.15, -0.1) is 4.73 Å². The van der Waals surface area contributed by atoms with Gasteiger partial charge in [-0.25, -0.2) is 4.98 Å². The summed E-state index contributed by atoms with van der Waals surface area (Å²) < 4.78 is 2.94. The maximum absolute atomic E-state index is 12.6. The highest BCUT2D eigenvalue weighted by Gasteiger charge is 2.13. The zero-order chi connectivity index (χ0) is 15.0. The predicted molar refractivity (Wildman–Crippen MR) is 89.3 cm³/mol. The fourth-order valence-corrected chi connectivity index (χ4v) is 2.88. The molecule has 21 heavy (non-hydrogen) atoms. The van der Waals surface area contributed by atoms with Gasteiger partial charge in [0.1, 0.15) is 7.11 Å². The Morgan fingerprint density at radius 1 is 1.10 bits per heavy atom. The summed E-state index contributed by atoms with van der Waals surface area (Å²) in [5, 5.41) is 0.505. The second-order valence-electron chi connectivity index (χ2n) is 4.39. The molecule has 4 nitrogen and oxygen atoms in total. The summed E-state index contributed by atoms with van der Waals surface area (Å²) >= 11 is 6.78. The summed E-state index contributed by atoms with van der Waals surface area (Å²) in [7, 11) is 1.45. The molecule has 1 heterocycles.